The van der Waals surface area contributed by atoms with Crippen molar-refractivity contribution in [3.63, 3.8) is 0 Å². The SMILES string of the molecule is CCOc1ccc(NS(=O)(=O)c2ccccc2)cc1F. The van der Waals surface area contributed by atoms with Gasteiger partial charge in [-0.1, -0.05) is 18.2 Å². The first-order chi connectivity index (χ1) is 9.53. The summed E-state index contributed by atoms with van der Waals surface area (Å²) >= 11 is 0. The molecular weight excluding hydrogens is 281 g/mol. The zero-order chi connectivity index (χ0) is 14.6. The van der Waals surface area contributed by atoms with E-state index in [9.17, 15) is 12.8 Å². The summed E-state index contributed by atoms with van der Waals surface area (Å²) in [6, 6.07) is 11.8. The summed E-state index contributed by atoms with van der Waals surface area (Å²) < 4.78 is 45.1. The molecule has 0 heterocycles. The van der Waals surface area contributed by atoms with Crippen LogP contribution in [0.3, 0.4) is 0 Å². The van der Waals surface area contributed by atoms with Crippen molar-refractivity contribution in [2.75, 3.05) is 11.3 Å². The van der Waals surface area contributed by atoms with E-state index in [4.69, 9.17) is 4.74 Å². The number of sulfonamides is 1. The molecule has 4 nitrogen and oxygen atoms in total. The highest BCUT2D eigenvalue weighted by atomic mass is 32.2. The van der Waals surface area contributed by atoms with Gasteiger partial charge in [-0.15, -0.1) is 0 Å². The molecule has 0 aromatic heterocycles. The minimum atomic E-state index is -3.71. The first-order valence-corrected chi connectivity index (χ1v) is 7.51. The Balaban J connectivity index is 2.24. The van der Waals surface area contributed by atoms with Gasteiger partial charge < -0.3 is 4.74 Å². The van der Waals surface area contributed by atoms with E-state index in [0.717, 1.165) is 6.07 Å². The molecule has 2 aromatic carbocycles. The molecule has 2 aromatic rings. The van der Waals surface area contributed by atoms with Crippen LogP contribution in [0.4, 0.5) is 10.1 Å². The van der Waals surface area contributed by atoms with Gasteiger partial charge in [0.05, 0.1) is 17.2 Å². The van der Waals surface area contributed by atoms with E-state index in [2.05, 4.69) is 4.72 Å². The van der Waals surface area contributed by atoms with Crippen molar-refractivity contribution < 1.29 is 17.5 Å². The third-order valence-corrected chi connectivity index (χ3v) is 3.93. The Hall–Kier alpha value is -2.08. The smallest absolute Gasteiger partial charge is 0.261 e. The van der Waals surface area contributed by atoms with Crippen molar-refractivity contribution in [2.24, 2.45) is 0 Å². The Bertz CT molecular complexity index is 687. The van der Waals surface area contributed by atoms with Crippen LogP contribution in [0, 0.1) is 5.82 Å². The molecular formula is C14H14FNO3S. The number of nitrogens with one attached hydrogen (secondary N) is 1. The summed E-state index contributed by atoms with van der Waals surface area (Å²) in [4.78, 5) is 0.120. The molecule has 0 aliphatic rings. The molecule has 106 valence electrons. The third kappa shape index (κ3) is 3.27. The number of anilines is 1. The Morgan fingerprint density at radius 3 is 2.45 bits per heavy atom. The number of hydrogen-bond acceptors (Lipinski definition) is 3. The van der Waals surface area contributed by atoms with Crippen LogP contribution in [-0.2, 0) is 10.0 Å². The van der Waals surface area contributed by atoms with E-state index in [1.807, 2.05) is 0 Å². The quantitative estimate of drug-likeness (QED) is 0.922. The summed E-state index contributed by atoms with van der Waals surface area (Å²) in [6.45, 7) is 2.08. The Kier molecular flexibility index (Phi) is 4.24. The van der Waals surface area contributed by atoms with E-state index in [-0.39, 0.29) is 16.3 Å². The lowest BCUT2D eigenvalue weighted by Crippen LogP contribution is -2.13. The van der Waals surface area contributed by atoms with Crippen molar-refractivity contribution in [3.8, 4) is 5.75 Å². The van der Waals surface area contributed by atoms with E-state index < -0.39 is 15.8 Å². The summed E-state index contributed by atoms with van der Waals surface area (Å²) in [6.07, 6.45) is 0. The molecule has 0 radical (unpaired) electrons. The number of halogens is 1. The van der Waals surface area contributed by atoms with E-state index >= 15 is 0 Å². The zero-order valence-corrected chi connectivity index (χ0v) is 11.7. The summed E-state index contributed by atoms with van der Waals surface area (Å²) in [7, 11) is -3.71. The van der Waals surface area contributed by atoms with Gasteiger partial charge in [-0.3, -0.25) is 4.72 Å². The molecule has 0 saturated heterocycles. The fourth-order valence-corrected chi connectivity index (χ4v) is 2.72. The highest BCUT2D eigenvalue weighted by Gasteiger charge is 2.14. The zero-order valence-electron chi connectivity index (χ0n) is 10.8. The highest BCUT2D eigenvalue weighted by Crippen LogP contribution is 2.23. The molecule has 2 rings (SSSR count). The topological polar surface area (TPSA) is 55.4 Å². The van der Waals surface area contributed by atoms with E-state index in [1.165, 1.54) is 24.3 Å². The summed E-state index contributed by atoms with van der Waals surface area (Å²) in [5.41, 5.74) is 0.148. The second-order valence-corrected chi connectivity index (χ2v) is 5.68. The maximum atomic E-state index is 13.7. The minimum absolute atomic E-state index is 0.0927. The predicted molar refractivity (Wildman–Crippen MR) is 74.8 cm³/mol. The number of rotatable bonds is 5. The Morgan fingerprint density at radius 1 is 1.15 bits per heavy atom. The third-order valence-electron chi connectivity index (χ3n) is 2.54. The first kappa shape index (κ1) is 14.3. The predicted octanol–water partition coefficient (Wildman–Crippen LogP) is 3.03. The van der Waals surface area contributed by atoms with Gasteiger partial charge in [0.25, 0.3) is 10.0 Å². The number of hydrogen-bond donors (Lipinski definition) is 1. The van der Waals surface area contributed by atoms with Crippen LogP contribution in [0.1, 0.15) is 6.92 Å². The average molecular weight is 295 g/mol. The molecule has 0 atom stereocenters. The molecule has 6 heteroatoms. The van der Waals surface area contributed by atoms with Crippen LogP contribution in [0.2, 0.25) is 0 Å². The Morgan fingerprint density at radius 2 is 1.85 bits per heavy atom. The van der Waals surface area contributed by atoms with Gasteiger partial charge in [0.2, 0.25) is 0 Å². The van der Waals surface area contributed by atoms with Gasteiger partial charge >= 0.3 is 0 Å². The second kappa shape index (κ2) is 5.92. The standard InChI is InChI=1S/C14H14FNO3S/c1-2-19-14-9-8-11(10-13(14)15)16-20(17,18)12-6-4-3-5-7-12/h3-10,16H,2H2,1H3. The van der Waals surface area contributed by atoms with Gasteiger partial charge in [-0.05, 0) is 31.2 Å². The van der Waals surface area contributed by atoms with Crippen molar-refractivity contribution >= 4 is 15.7 Å². The van der Waals surface area contributed by atoms with Crippen molar-refractivity contribution in [2.45, 2.75) is 11.8 Å². The van der Waals surface area contributed by atoms with Crippen LogP contribution in [0.25, 0.3) is 0 Å². The summed E-state index contributed by atoms with van der Waals surface area (Å²) in [5.74, 6) is -0.518. The van der Waals surface area contributed by atoms with E-state index in [0.29, 0.717) is 6.61 Å². The Labute approximate surface area is 117 Å². The molecule has 0 aliphatic carbocycles. The molecule has 0 unspecified atom stereocenters. The van der Waals surface area contributed by atoms with Gasteiger partial charge in [-0.25, -0.2) is 12.8 Å². The van der Waals surface area contributed by atoms with Crippen LogP contribution in [-0.4, -0.2) is 15.0 Å². The fourth-order valence-electron chi connectivity index (χ4n) is 1.65. The maximum absolute atomic E-state index is 13.7. The van der Waals surface area contributed by atoms with Crippen LogP contribution in [0.15, 0.2) is 53.4 Å². The molecule has 0 fully saturated rings. The lowest BCUT2D eigenvalue weighted by Gasteiger charge is -2.10. The molecule has 1 N–H and O–H groups in total. The molecule has 0 spiro atoms. The van der Waals surface area contributed by atoms with Crippen LogP contribution >= 0.6 is 0 Å². The largest absolute Gasteiger partial charge is 0.491 e. The van der Waals surface area contributed by atoms with Gasteiger partial charge in [-0.2, -0.15) is 0 Å². The molecule has 0 amide bonds. The van der Waals surface area contributed by atoms with Crippen molar-refractivity contribution in [1.82, 2.24) is 0 Å². The molecule has 20 heavy (non-hydrogen) atoms. The fraction of sp³-hybridized carbons (Fsp3) is 0.143. The van der Waals surface area contributed by atoms with Gasteiger partial charge in [0, 0.05) is 6.07 Å². The lowest BCUT2D eigenvalue weighted by molar-refractivity contribution is 0.321. The van der Waals surface area contributed by atoms with Gasteiger partial charge in [0.1, 0.15) is 0 Å². The monoisotopic (exact) mass is 295 g/mol. The average Bonchev–Trinajstić information content (AvgIpc) is 2.43. The number of benzene rings is 2. The lowest BCUT2D eigenvalue weighted by atomic mass is 10.3. The van der Waals surface area contributed by atoms with Crippen molar-refractivity contribution in [3.05, 3.63) is 54.3 Å². The highest BCUT2D eigenvalue weighted by molar-refractivity contribution is 7.92. The van der Waals surface area contributed by atoms with Crippen molar-refractivity contribution in [1.29, 1.82) is 0 Å². The van der Waals surface area contributed by atoms with Crippen LogP contribution in [0.5, 0.6) is 5.75 Å². The normalized spacial score (nSPS) is 11.1. The van der Waals surface area contributed by atoms with Crippen LogP contribution < -0.4 is 9.46 Å². The van der Waals surface area contributed by atoms with E-state index in [1.54, 1.807) is 25.1 Å². The number of ether oxygens (including phenoxy) is 1. The van der Waals surface area contributed by atoms with Gasteiger partial charge in [0.15, 0.2) is 11.6 Å². The second-order valence-electron chi connectivity index (χ2n) is 4.00. The molecule has 0 saturated carbocycles. The molecule has 0 aliphatic heterocycles. The minimum Gasteiger partial charge on any atom is -0.491 e. The summed E-state index contributed by atoms with van der Waals surface area (Å²) in [5, 5.41) is 0. The molecule has 0 bridgehead atoms. The first-order valence-electron chi connectivity index (χ1n) is 6.03. The maximum Gasteiger partial charge on any atom is 0.261 e.